The minimum Gasteiger partial charge on any atom is -0.479 e. The maximum atomic E-state index is 10.6. The lowest BCUT2D eigenvalue weighted by atomic mass is 10.1. The number of rotatable bonds is 2. The van der Waals surface area contributed by atoms with E-state index in [2.05, 4.69) is 9.97 Å². The van der Waals surface area contributed by atoms with Crippen LogP contribution in [0.15, 0.2) is 18.5 Å². The first-order valence-corrected chi connectivity index (χ1v) is 5.21. The first kappa shape index (κ1) is 10.4. The largest absolute Gasteiger partial charge is 0.479 e. The van der Waals surface area contributed by atoms with E-state index in [0.717, 1.165) is 5.52 Å². The molecular weight excluding hydrogens is 311 g/mol. The number of hydrogen-bond donors (Lipinski definition) is 3. The zero-order chi connectivity index (χ0) is 11.0. The molecule has 0 fully saturated rings. The van der Waals surface area contributed by atoms with E-state index < -0.39 is 12.1 Å². The smallest absolute Gasteiger partial charge is 0.337 e. The number of hydrogen-bond acceptors (Lipinski definition) is 3. The van der Waals surface area contributed by atoms with Crippen LogP contribution < -0.4 is 0 Å². The average molecular weight is 318 g/mol. The van der Waals surface area contributed by atoms with Gasteiger partial charge in [-0.1, -0.05) is 0 Å². The Morgan fingerprint density at radius 1 is 1.53 bits per heavy atom. The Morgan fingerprint density at radius 3 is 2.93 bits per heavy atom. The van der Waals surface area contributed by atoms with Gasteiger partial charge in [0.2, 0.25) is 0 Å². The van der Waals surface area contributed by atoms with E-state index in [1.807, 2.05) is 22.6 Å². The van der Waals surface area contributed by atoms with Crippen molar-refractivity contribution in [1.29, 1.82) is 0 Å². The minimum absolute atomic E-state index is 0.375. The maximum Gasteiger partial charge on any atom is 0.337 e. The molecule has 1 unspecified atom stereocenters. The SMILES string of the molecule is O=C(O)C(O)c1cc2[nH]cnc2cc1I. The van der Waals surface area contributed by atoms with Gasteiger partial charge in [0.15, 0.2) is 6.10 Å². The fourth-order valence-electron chi connectivity index (χ4n) is 1.32. The maximum absolute atomic E-state index is 10.6. The summed E-state index contributed by atoms with van der Waals surface area (Å²) in [6, 6.07) is 3.33. The fourth-order valence-corrected chi connectivity index (χ4v) is 2.06. The standard InChI is InChI=1S/C9H7IN2O3/c10-5-2-7-6(11-3-12-7)1-4(5)8(13)9(14)15/h1-3,8,13H,(H,11,12)(H,14,15). The molecule has 0 aliphatic carbocycles. The molecule has 15 heavy (non-hydrogen) atoms. The summed E-state index contributed by atoms with van der Waals surface area (Å²) in [6.45, 7) is 0. The van der Waals surface area contributed by atoms with Crippen LogP contribution in [-0.2, 0) is 4.79 Å². The normalized spacial score (nSPS) is 12.9. The molecule has 1 aromatic carbocycles. The second-order valence-electron chi connectivity index (χ2n) is 3.03. The van der Waals surface area contributed by atoms with Crippen LogP contribution in [0.2, 0.25) is 0 Å². The van der Waals surface area contributed by atoms with Gasteiger partial charge in [0, 0.05) is 9.13 Å². The number of aliphatic hydroxyl groups is 1. The number of halogens is 1. The van der Waals surface area contributed by atoms with Crippen LogP contribution in [0, 0.1) is 3.57 Å². The lowest BCUT2D eigenvalue weighted by Gasteiger charge is -2.07. The number of carboxylic acids is 1. The number of aromatic amines is 1. The highest BCUT2D eigenvalue weighted by atomic mass is 127. The van der Waals surface area contributed by atoms with Gasteiger partial charge in [0.25, 0.3) is 0 Å². The third-order valence-electron chi connectivity index (χ3n) is 2.07. The van der Waals surface area contributed by atoms with Crippen LogP contribution in [0.3, 0.4) is 0 Å². The number of nitrogens with zero attached hydrogens (tertiary/aromatic N) is 1. The van der Waals surface area contributed by atoms with Crippen molar-refractivity contribution in [2.45, 2.75) is 6.10 Å². The second kappa shape index (κ2) is 3.78. The lowest BCUT2D eigenvalue weighted by molar-refractivity contribution is -0.147. The van der Waals surface area contributed by atoms with Gasteiger partial charge in [0.1, 0.15) is 0 Å². The molecule has 0 radical (unpaired) electrons. The van der Waals surface area contributed by atoms with Crippen molar-refractivity contribution in [2.75, 3.05) is 0 Å². The number of benzene rings is 1. The number of aromatic nitrogens is 2. The van der Waals surface area contributed by atoms with Crippen LogP contribution >= 0.6 is 22.6 Å². The van der Waals surface area contributed by atoms with Gasteiger partial charge < -0.3 is 15.2 Å². The van der Waals surface area contributed by atoms with Crippen LogP contribution in [-0.4, -0.2) is 26.2 Å². The Hall–Kier alpha value is -1.15. The van der Waals surface area contributed by atoms with Crippen LogP contribution in [0.5, 0.6) is 0 Å². The zero-order valence-corrected chi connectivity index (χ0v) is 9.59. The van der Waals surface area contributed by atoms with E-state index >= 15 is 0 Å². The fraction of sp³-hybridized carbons (Fsp3) is 0.111. The molecular formula is C9H7IN2O3. The Morgan fingerprint density at radius 2 is 2.27 bits per heavy atom. The summed E-state index contributed by atoms with van der Waals surface area (Å²) in [5.74, 6) is -1.26. The molecule has 0 spiro atoms. The van der Waals surface area contributed by atoms with Crippen molar-refractivity contribution in [3.8, 4) is 0 Å². The molecule has 1 aromatic heterocycles. The number of aliphatic hydroxyl groups excluding tert-OH is 1. The van der Waals surface area contributed by atoms with E-state index in [9.17, 15) is 9.90 Å². The molecule has 6 heteroatoms. The summed E-state index contributed by atoms with van der Waals surface area (Å²) in [7, 11) is 0. The predicted octanol–water partition coefficient (Wildman–Crippen LogP) is 1.29. The summed E-state index contributed by atoms with van der Waals surface area (Å²) < 4.78 is 0.683. The van der Waals surface area contributed by atoms with E-state index in [0.29, 0.717) is 14.7 Å². The monoisotopic (exact) mass is 318 g/mol. The van der Waals surface area contributed by atoms with E-state index in [1.165, 1.54) is 6.33 Å². The highest BCUT2D eigenvalue weighted by Crippen LogP contribution is 2.24. The Kier molecular flexibility index (Phi) is 2.61. The highest BCUT2D eigenvalue weighted by Gasteiger charge is 2.19. The zero-order valence-electron chi connectivity index (χ0n) is 7.44. The van der Waals surface area contributed by atoms with Gasteiger partial charge in [-0.2, -0.15) is 0 Å². The van der Waals surface area contributed by atoms with Gasteiger partial charge in [-0.15, -0.1) is 0 Å². The molecule has 0 bridgehead atoms. The number of nitrogens with one attached hydrogen (secondary N) is 1. The summed E-state index contributed by atoms with van der Waals surface area (Å²) in [4.78, 5) is 17.5. The quantitative estimate of drug-likeness (QED) is 0.728. The van der Waals surface area contributed by atoms with Crippen molar-refractivity contribution in [3.05, 3.63) is 27.6 Å². The molecule has 2 rings (SSSR count). The van der Waals surface area contributed by atoms with Crippen molar-refractivity contribution >= 4 is 39.6 Å². The van der Waals surface area contributed by atoms with Crippen molar-refractivity contribution < 1.29 is 15.0 Å². The van der Waals surface area contributed by atoms with E-state index in [4.69, 9.17) is 5.11 Å². The number of carbonyl (C=O) groups is 1. The van der Waals surface area contributed by atoms with Gasteiger partial charge >= 0.3 is 5.97 Å². The molecule has 0 amide bonds. The molecule has 1 heterocycles. The first-order chi connectivity index (χ1) is 7.09. The Bertz CT molecular complexity index is 523. The lowest BCUT2D eigenvalue weighted by Crippen LogP contribution is -2.11. The molecule has 2 aromatic rings. The molecule has 1 atom stereocenters. The third kappa shape index (κ3) is 1.82. The summed E-state index contributed by atoms with van der Waals surface area (Å²) >= 11 is 1.98. The van der Waals surface area contributed by atoms with E-state index in [1.54, 1.807) is 12.1 Å². The number of carboxylic acid groups (broad SMARTS) is 1. The molecule has 0 aliphatic heterocycles. The van der Waals surface area contributed by atoms with Gasteiger partial charge in [-0.25, -0.2) is 9.78 Å². The summed E-state index contributed by atoms with van der Waals surface area (Å²) in [6.07, 6.45) is 0.0297. The van der Waals surface area contributed by atoms with Crippen molar-refractivity contribution in [2.24, 2.45) is 0 Å². The number of imidazole rings is 1. The summed E-state index contributed by atoms with van der Waals surface area (Å²) in [5, 5.41) is 18.1. The number of aliphatic carboxylic acids is 1. The number of fused-ring (bicyclic) bond motifs is 1. The van der Waals surface area contributed by atoms with E-state index in [-0.39, 0.29) is 0 Å². The molecule has 0 saturated heterocycles. The molecule has 0 saturated carbocycles. The number of H-pyrrole nitrogens is 1. The van der Waals surface area contributed by atoms with Gasteiger partial charge in [-0.3, -0.25) is 0 Å². The highest BCUT2D eigenvalue weighted by molar-refractivity contribution is 14.1. The average Bonchev–Trinajstić information content (AvgIpc) is 2.62. The van der Waals surface area contributed by atoms with Gasteiger partial charge in [-0.05, 0) is 34.7 Å². The Balaban J connectivity index is 2.59. The topological polar surface area (TPSA) is 86.2 Å². The van der Waals surface area contributed by atoms with Crippen molar-refractivity contribution in [3.63, 3.8) is 0 Å². The van der Waals surface area contributed by atoms with Crippen LogP contribution in [0.4, 0.5) is 0 Å². The first-order valence-electron chi connectivity index (χ1n) is 4.13. The molecule has 5 nitrogen and oxygen atoms in total. The minimum atomic E-state index is -1.50. The van der Waals surface area contributed by atoms with Crippen LogP contribution in [0.1, 0.15) is 11.7 Å². The Labute approximate surface area is 98.3 Å². The second-order valence-corrected chi connectivity index (χ2v) is 4.20. The predicted molar refractivity (Wildman–Crippen MR) is 61.4 cm³/mol. The molecule has 78 valence electrons. The molecule has 3 N–H and O–H groups in total. The van der Waals surface area contributed by atoms with Crippen molar-refractivity contribution in [1.82, 2.24) is 9.97 Å². The molecule has 0 aliphatic rings. The third-order valence-corrected chi connectivity index (χ3v) is 3.00. The van der Waals surface area contributed by atoms with Gasteiger partial charge in [0.05, 0.1) is 17.4 Å². The summed E-state index contributed by atoms with van der Waals surface area (Å²) in [5.41, 5.74) is 1.84. The van der Waals surface area contributed by atoms with Crippen LogP contribution in [0.25, 0.3) is 11.0 Å².